The van der Waals surface area contributed by atoms with Gasteiger partial charge in [0.05, 0.1) is 19.8 Å². The molecule has 0 aromatic carbocycles. The lowest BCUT2D eigenvalue weighted by molar-refractivity contribution is 0.0330. The van der Waals surface area contributed by atoms with E-state index in [1.54, 1.807) is 34.9 Å². The second-order valence-electron chi connectivity index (χ2n) is 7.09. The molecule has 2 aliphatic rings. The van der Waals surface area contributed by atoms with Gasteiger partial charge in [-0.25, -0.2) is 9.97 Å². The summed E-state index contributed by atoms with van der Waals surface area (Å²) in [6.45, 7) is 6.39. The average Bonchev–Trinajstić information content (AvgIpc) is 3.33. The van der Waals surface area contributed by atoms with Crippen LogP contribution in [0.1, 0.15) is 36.0 Å². The van der Waals surface area contributed by atoms with Gasteiger partial charge in [-0.2, -0.15) is 0 Å². The summed E-state index contributed by atoms with van der Waals surface area (Å²) in [5.41, 5.74) is 1.48. The predicted octanol–water partition coefficient (Wildman–Crippen LogP) is 4.52. The fourth-order valence-electron chi connectivity index (χ4n) is 3.77. The summed E-state index contributed by atoms with van der Waals surface area (Å²) in [6, 6.07) is 0. The van der Waals surface area contributed by atoms with Crippen molar-refractivity contribution >= 4 is 56.4 Å². The van der Waals surface area contributed by atoms with Crippen molar-refractivity contribution in [2.24, 2.45) is 0 Å². The Hall–Kier alpha value is -0.780. The zero-order valence-corrected chi connectivity index (χ0v) is 19.6. The Labute approximate surface area is 186 Å². The lowest BCUT2D eigenvalue weighted by atomic mass is 9.97. The molecule has 3 aromatic heterocycles. The van der Waals surface area contributed by atoms with Gasteiger partial charge in [0.25, 0.3) is 0 Å². The zero-order valence-electron chi connectivity index (χ0n) is 16.3. The molecule has 3 aromatic rings. The number of aryl methyl sites for hydroxylation is 2. The zero-order chi connectivity index (χ0) is 19.6. The normalized spacial score (nSPS) is 17.7. The molecule has 6 nitrogen and oxygen atoms in total. The summed E-state index contributed by atoms with van der Waals surface area (Å²) in [4.78, 5) is 15.1. The fourth-order valence-corrected chi connectivity index (χ4v) is 8.12. The Morgan fingerprint density at radius 3 is 2.72 bits per heavy atom. The first-order valence-corrected chi connectivity index (χ1v) is 13.5. The van der Waals surface area contributed by atoms with E-state index in [4.69, 9.17) is 14.7 Å². The van der Waals surface area contributed by atoms with Crippen LogP contribution >= 0.6 is 46.2 Å². The van der Waals surface area contributed by atoms with Crippen LogP contribution in [0, 0.1) is 0 Å². The third kappa shape index (κ3) is 4.47. The molecular formula is C19H23N5OS4. The molecule has 0 radical (unpaired) electrons. The van der Waals surface area contributed by atoms with Crippen molar-refractivity contribution in [1.82, 2.24) is 25.1 Å². The highest BCUT2D eigenvalue weighted by Crippen LogP contribution is 2.42. The molecule has 0 bridgehead atoms. The van der Waals surface area contributed by atoms with Crippen molar-refractivity contribution < 1.29 is 4.74 Å². The van der Waals surface area contributed by atoms with Crippen LogP contribution in [0.5, 0.6) is 0 Å². The molecule has 4 heterocycles. The standard InChI is InChI=1S/C19H23N5OS4/c1-2-26-18-22-23-19(29-18)28-17-15-12-5-3-4-6-13(12)27-16(15)20-14(21-17)11-24-7-9-25-10-8-24/h2-11H2,1H3. The maximum Gasteiger partial charge on any atom is 0.181 e. The quantitative estimate of drug-likeness (QED) is 0.389. The molecule has 0 atom stereocenters. The number of nitrogens with zero attached hydrogens (tertiary/aromatic N) is 5. The van der Waals surface area contributed by atoms with Crippen molar-refractivity contribution in [3.63, 3.8) is 0 Å². The third-order valence-corrected chi connectivity index (χ3v) is 9.30. The van der Waals surface area contributed by atoms with Crippen molar-refractivity contribution in [3.8, 4) is 0 Å². The third-order valence-electron chi connectivity index (χ3n) is 5.14. The highest BCUT2D eigenvalue weighted by atomic mass is 32.2. The van der Waals surface area contributed by atoms with E-state index in [1.807, 2.05) is 11.3 Å². The summed E-state index contributed by atoms with van der Waals surface area (Å²) >= 11 is 6.94. The summed E-state index contributed by atoms with van der Waals surface area (Å²) < 4.78 is 7.48. The number of aromatic nitrogens is 4. The first-order chi connectivity index (χ1) is 14.3. The molecule has 0 unspecified atom stereocenters. The Morgan fingerprint density at radius 1 is 1.03 bits per heavy atom. The second-order valence-corrected chi connectivity index (χ2v) is 11.9. The first-order valence-electron chi connectivity index (χ1n) is 10.1. The van der Waals surface area contributed by atoms with Crippen LogP contribution in [0.4, 0.5) is 0 Å². The second kappa shape index (κ2) is 9.15. The van der Waals surface area contributed by atoms with E-state index >= 15 is 0 Å². The van der Waals surface area contributed by atoms with E-state index in [9.17, 15) is 0 Å². The molecule has 29 heavy (non-hydrogen) atoms. The van der Waals surface area contributed by atoms with Gasteiger partial charge in [-0.15, -0.1) is 21.5 Å². The smallest absolute Gasteiger partial charge is 0.181 e. The minimum atomic E-state index is 0.780. The average molecular weight is 466 g/mol. The van der Waals surface area contributed by atoms with Gasteiger partial charge in [0.2, 0.25) is 0 Å². The molecule has 0 amide bonds. The maximum atomic E-state index is 5.49. The number of thioether (sulfide) groups is 1. The van der Waals surface area contributed by atoms with Crippen LogP contribution in [0.3, 0.4) is 0 Å². The topological polar surface area (TPSA) is 64.0 Å². The maximum absolute atomic E-state index is 5.49. The molecule has 0 N–H and O–H groups in total. The molecule has 10 heteroatoms. The van der Waals surface area contributed by atoms with E-state index < -0.39 is 0 Å². The van der Waals surface area contributed by atoms with Gasteiger partial charge in [0.15, 0.2) is 8.68 Å². The lowest BCUT2D eigenvalue weighted by Crippen LogP contribution is -2.36. The Bertz CT molecular complexity index is 998. The molecule has 1 fully saturated rings. The highest BCUT2D eigenvalue weighted by molar-refractivity contribution is 8.03. The highest BCUT2D eigenvalue weighted by Gasteiger charge is 2.23. The summed E-state index contributed by atoms with van der Waals surface area (Å²) in [6.07, 6.45) is 4.86. The molecule has 0 spiro atoms. The SMILES string of the molecule is CCSc1nnc(Sc2nc(CN3CCOCC3)nc3sc4c(c23)CCCC4)s1. The van der Waals surface area contributed by atoms with Gasteiger partial charge in [-0.05, 0) is 48.8 Å². The lowest BCUT2D eigenvalue weighted by Gasteiger charge is -2.25. The monoisotopic (exact) mass is 465 g/mol. The molecule has 1 saturated heterocycles. The van der Waals surface area contributed by atoms with Gasteiger partial charge in [-0.3, -0.25) is 4.90 Å². The van der Waals surface area contributed by atoms with Crippen LogP contribution in [0.25, 0.3) is 10.2 Å². The van der Waals surface area contributed by atoms with Crippen LogP contribution in [-0.4, -0.2) is 57.1 Å². The Kier molecular flexibility index (Phi) is 6.36. The van der Waals surface area contributed by atoms with E-state index in [0.29, 0.717) is 0 Å². The van der Waals surface area contributed by atoms with E-state index in [0.717, 1.165) is 69.4 Å². The Balaban J connectivity index is 1.51. The number of fused-ring (bicyclic) bond motifs is 3. The van der Waals surface area contributed by atoms with Crippen LogP contribution in [0.2, 0.25) is 0 Å². The summed E-state index contributed by atoms with van der Waals surface area (Å²) in [5.74, 6) is 1.92. The summed E-state index contributed by atoms with van der Waals surface area (Å²) in [5, 5.41) is 11.0. The summed E-state index contributed by atoms with van der Waals surface area (Å²) in [7, 11) is 0. The van der Waals surface area contributed by atoms with Crippen LogP contribution in [-0.2, 0) is 24.1 Å². The molecule has 1 aliphatic heterocycles. The fraction of sp³-hybridized carbons (Fsp3) is 0.579. The molecule has 1 aliphatic carbocycles. The van der Waals surface area contributed by atoms with E-state index in [-0.39, 0.29) is 0 Å². The van der Waals surface area contributed by atoms with Gasteiger partial charge in [-0.1, -0.05) is 30.0 Å². The van der Waals surface area contributed by atoms with Crippen molar-refractivity contribution in [2.45, 2.75) is 52.9 Å². The number of ether oxygens (including phenoxy) is 1. The number of rotatable bonds is 6. The van der Waals surface area contributed by atoms with E-state index in [2.05, 4.69) is 22.0 Å². The van der Waals surface area contributed by atoms with Crippen LogP contribution in [0.15, 0.2) is 13.7 Å². The van der Waals surface area contributed by atoms with Crippen LogP contribution < -0.4 is 0 Å². The van der Waals surface area contributed by atoms with Gasteiger partial charge < -0.3 is 4.74 Å². The number of morpholine rings is 1. The molecule has 0 saturated carbocycles. The first kappa shape index (κ1) is 20.1. The minimum absolute atomic E-state index is 0.780. The predicted molar refractivity (Wildman–Crippen MR) is 121 cm³/mol. The van der Waals surface area contributed by atoms with Crippen molar-refractivity contribution in [2.75, 3.05) is 32.1 Å². The van der Waals surface area contributed by atoms with Gasteiger partial charge in [0.1, 0.15) is 15.7 Å². The number of hydrogen-bond donors (Lipinski definition) is 0. The van der Waals surface area contributed by atoms with Gasteiger partial charge >= 0.3 is 0 Å². The van der Waals surface area contributed by atoms with Crippen molar-refractivity contribution in [1.29, 1.82) is 0 Å². The Morgan fingerprint density at radius 2 is 1.86 bits per heavy atom. The van der Waals surface area contributed by atoms with Gasteiger partial charge in [0, 0.05) is 23.4 Å². The number of hydrogen-bond acceptors (Lipinski definition) is 10. The molecular weight excluding hydrogens is 443 g/mol. The molecule has 5 rings (SSSR count). The number of thiophene rings is 1. The van der Waals surface area contributed by atoms with E-state index in [1.165, 1.54) is 35.1 Å². The largest absolute Gasteiger partial charge is 0.379 e. The minimum Gasteiger partial charge on any atom is -0.379 e. The molecule has 154 valence electrons. The van der Waals surface area contributed by atoms with Crippen molar-refractivity contribution in [3.05, 3.63) is 16.3 Å².